The molecular weight excluding hydrogens is 424 g/mol. The van der Waals surface area contributed by atoms with Gasteiger partial charge in [0.2, 0.25) is 5.91 Å². The average molecular weight is 439 g/mol. The van der Waals surface area contributed by atoms with E-state index < -0.39 is 23.6 Å². The maximum Gasteiger partial charge on any atom is 0.294 e. The van der Waals surface area contributed by atoms with E-state index in [2.05, 4.69) is 5.32 Å². The molecule has 7 nitrogen and oxygen atoms in total. The maximum absolute atomic E-state index is 12.5. The summed E-state index contributed by atoms with van der Waals surface area (Å²) in [5.74, 6) is -0.379. The first kappa shape index (κ1) is 20.2. The molecule has 0 aliphatic carbocycles. The van der Waals surface area contributed by atoms with Gasteiger partial charge < -0.3 is 14.8 Å². The van der Waals surface area contributed by atoms with E-state index in [1.807, 2.05) is 17.5 Å². The molecule has 1 aromatic heterocycles. The molecule has 10 heteroatoms. The Morgan fingerprint density at radius 2 is 2.00 bits per heavy atom. The second-order valence-electron chi connectivity index (χ2n) is 5.52. The minimum absolute atomic E-state index is 0.283. The Kier molecular flexibility index (Phi) is 6.28. The van der Waals surface area contributed by atoms with Gasteiger partial charge in [0.1, 0.15) is 18.0 Å². The number of methoxy groups -OCH3 is 2. The normalized spacial score (nSPS) is 15.2. The van der Waals surface area contributed by atoms with Crippen LogP contribution in [-0.2, 0) is 9.59 Å². The quantitative estimate of drug-likeness (QED) is 0.683. The first-order valence-corrected chi connectivity index (χ1v) is 10.0. The van der Waals surface area contributed by atoms with Crippen LogP contribution in [0, 0.1) is 0 Å². The third-order valence-corrected chi connectivity index (χ3v) is 5.76. The molecular formula is C18H15ClN2O5S2. The van der Waals surface area contributed by atoms with Crippen LogP contribution in [0.4, 0.5) is 10.5 Å². The Morgan fingerprint density at radius 3 is 2.64 bits per heavy atom. The number of carbonyl (C=O) groups excluding carboxylic acids is 3. The molecule has 2 aromatic rings. The predicted octanol–water partition coefficient (Wildman–Crippen LogP) is 4.09. The summed E-state index contributed by atoms with van der Waals surface area (Å²) in [4.78, 5) is 39.1. The summed E-state index contributed by atoms with van der Waals surface area (Å²) in [6.45, 7) is -0.416. The standard InChI is InChI=1S/C18H15ClN2O5S2/c1-25-13-8-12(14(26-2)7-11(13)19)20-16(22)9-21-17(23)15(28-18(21)24)6-10-4-3-5-27-10/h3-8H,9H2,1-2H3,(H,20,22)/b15-6-. The fraction of sp³-hybridized carbons (Fsp3) is 0.167. The average Bonchev–Trinajstić information content (AvgIpc) is 3.27. The molecule has 0 unspecified atom stereocenters. The summed E-state index contributed by atoms with van der Waals surface area (Å²) >= 11 is 8.30. The molecule has 1 N–H and O–H groups in total. The minimum atomic E-state index is -0.553. The molecule has 3 rings (SSSR count). The molecule has 1 aliphatic heterocycles. The van der Waals surface area contributed by atoms with Gasteiger partial charge >= 0.3 is 0 Å². The van der Waals surface area contributed by atoms with Crippen molar-refractivity contribution in [2.45, 2.75) is 0 Å². The highest BCUT2D eigenvalue weighted by Crippen LogP contribution is 2.36. The van der Waals surface area contributed by atoms with Gasteiger partial charge in [0, 0.05) is 17.0 Å². The van der Waals surface area contributed by atoms with Crippen LogP contribution in [0.3, 0.4) is 0 Å². The Hall–Kier alpha value is -2.49. The number of thiophene rings is 1. The largest absolute Gasteiger partial charge is 0.495 e. The number of imide groups is 1. The van der Waals surface area contributed by atoms with Crippen LogP contribution in [-0.4, -0.2) is 42.7 Å². The molecule has 0 bridgehead atoms. The van der Waals surface area contributed by atoms with E-state index in [1.165, 1.54) is 37.7 Å². The van der Waals surface area contributed by atoms with Crippen molar-refractivity contribution in [1.29, 1.82) is 0 Å². The van der Waals surface area contributed by atoms with Crippen molar-refractivity contribution in [2.24, 2.45) is 0 Å². The number of benzene rings is 1. The number of carbonyl (C=O) groups is 3. The number of ether oxygens (including phenoxy) is 2. The molecule has 1 saturated heterocycles. The van der Waals surface area contributed by atoms with Crippen LogP contribution < -0.4 is 14.8 Å². The Labute approximate surface area is 174 Å². The van der Waals surface area contributed by atoms with Crippen LogP contribution in [0.2, 0.25) is 5.02 Å². The summed E-state index contributed by atoms with van der Waals surface area (Å²) in [7, 11) is 2.87. The molecule has 0 atom stereocenters. The first-order valence-electron chi connectivity index (χ1n) is 7.93. The van der Waals surface area contributed by atoms with Gasteiger partial charge in [0.15, 0.2) is 0 Å². The zero-order valence-corrected chi connectivity index (χ0v) is 17.2. The van der Waals surface area contributed by atoms with Crippen molar-refractivity contribution in [3.8, 4) is 11.5 Å². The highest BCUT2D eigenvalue weighted by atomic mass is 35.5. The molecule has 1 aliphatic rings. The zero-order valence-electron chi connectivity index (χ0n) is 14.9. The lowest BCUT2D eigenvalue weighted by atomic mass is 10.2. The Bertz CT molecular complexity index is 959. The summed E-state index contributed by atoms with van der Waals surface area (Å²) in [5, 5.41) is 4.31. The Balaban J connectivity index is 1.73. The van der Waals surface area contributed by atoms with Gasteiger partial charge in [-0.2, -0.15) is 0 Å². The van der Waals surface area contributed by atoms with E-state index in [1.54, 1.807) is 6.08 Å². The van der Waals surface area contributed by atoms with E-state index in [0.717, 1.165) is 21.5 Å². The lowest BCUT2D eigenvalue weighted by molar-refractivity contribution is -0.127. The third-order valence-electron chi connectivity index (χ3n) is 3.74. The zero-order chi connectivity index (χ0) is 20.3. The predicted molar refractivity (Wildman–Crippen MR) is 110 cm³/mol. The fourth-order valence-corrected chi connectivity index (χ4v) is 4.22. The van der Waals surface area contributed by atoms with E-state index in [9.17, 15) is 14.4 Å². The summed E-state index contributed by atoms with van der Waals surface area (Å²) in [6.07, 6.45) is 1.64. The van der Waals surface area contributed by atoms with E-state index in [-0.39, 0.29) is 4.91 Å². The minimum Gasteiger partial charge on any atom is -0.495 e. The van der Waals surface area contributed by atoms with Crippen molar-refractivity contribution in [2.75, 3.05) is 26.1 Å². The highest BCUT2D eigenvalue weighted by Gasteiger charge is 2.36. The molecule has 146 valence electrons. The molecule has 2 heterocycles. The topological polar surface area (TPSA) is 84.9 Å². The number of amides is 3. The van der Waals surface area contributed by atoms with E-state index in [4.69, 9.17) is 21.1 Å². The Morgan fingerprint density at radius 1 is 1.25 bits per heavy atom. The SMILES string of the molecule is COc1cc(NC(=O)CN2C(=O)S/C(=C\c3cccs3)C2=O)c(OC)cc1Cl. The van der Waals surface area contributed by atoms with Gasteiger partial charge in [-0.05, 0) is 29.3 Å². The number of nitrogens with one attached hydrogen (secondary N) is 1. The van der Waals surface area contributed by atoms with Gasteiger partial charge in [-0.25, -0.2) is 0 Å². The summed E-state index contributed by atoms with van der Waals surface area (Å²) in [5.41, 5.74) is 0.315. The van der Waals surface area contributed by atoms with Gasteiger partial charge in [0.25, 0.3) is 11.1 Å². The molecule has 0 radical (unpaired) electrons. The molecule has 0 spiro atoms. The van der Waals surface area contributed by atoms with Crippen molar-refractivity contribution in [3.05, 3.63) is 44.5 Å². The maximum atomic E-state index is 12.5. The highest BCUT2D eigenvalue weighted by molar-refractivity contribution is 8.18. The molecule has 1 fully saturated rings. The smallest absolute Gasteiger partial charge is 0.294 e. The second-order valence-corrected chi connectivity index (χ2v) is 7.90. The number of halogens is 1. The van der Waals surface area contributed by atoms with Gasteiger partial charge in [-0.3, -0.25) is 19.3 Å². The van der Waals surface area contributed by atoms with E-state index in [0.29, 0.717) is 22.2 Å². The van der Waals surface area contributed by atoms with Crippen molar-refractivity contribution in [1.82, 2.24) is 4.90 Å². The number of nitrogens with zero attached hydrogens (tertiary/aromatic N) is 1. The van der Waals surface area contributed by atoms with Crippen LogP contribution in [0.25, 0.3) is 6.08 Å². The molecule has 1 aromatic carbocycles. The molecule has 0 saturated carbocycles. The summed E-state index contributed by atoms with van der Waals surface area (Å²) in [6, 6.07) is 6.69. The monoisotopic (exact) mass is 438 g/mol. The van der Waals surface area contributed by atoms with Crippen molar-refractivity contribution < 1.29 is 23.9 Å². The van der Waals surface area contributed by atoms with Crippen LogP contribution in [0.1, 0.15) is 4.88 Å². The number of hydrogen-bond donors (Lipinski definition) is 1. The number of thioether (sulfide) groups is 1. The first-order chi connectivity index (χ1) is 13.4. The molecule has 28 heavy (non-hydrogen) atoms. The molecule has 3 amide bonds. The van der Waals surface area contributed by atoms with Crippen LogP contribution in [0.15, 0.2) is 34.6 Å². The second kappa shape index (κ2) is 8.68. The fourth-order valence-electron chi connectivity index (χ4n) is 2.43. The van der Waals surface area contributed by atoms with Crippen LogP contribution in [0.5, 0.6) is 11.5 Å². The number of hydrogen-bond acceptors (Lipinski definition) is 7. The van der Waals surface area contributed by atoms with Crippen molar-refractivity contribution in [3.63, 3.8) is 0 Å². The number of rotatable bonds is 6. The van der Waals surface area contributed by atoms with Gasteiger partial charge in [0.05, 0.1) is 29.8 Å². The van der Waals surface area contributed by atoms with Gasteiger partial charge in [-0.1, -0.05) is 17.7 Å². The third kappa shape index (κ3) is 4.32. The van der Waals surface area contributed by atoms with E-state index >= 15 is 0 Å². The van der Waals surface area contributed by atoms with Gasteiger partial charge in [-0.15, -0.1) is 11.3 Å². The van der Waals surface area contributed by atoms with Crippen LogP contribution >= 0.6 is 34.7 Å². The summed E-state index contributed by atoms with van der Waals surface area (Å²) < 4.78 is 10.3. The van der Waals surface area contributed by atoms with Crippen molar-refractivity contribution >= 4 is 63.5 Å². The number of anilines is 1. The lowest BCUT2D eigenvalue weighted by Gasteiger charge is -2.15. The lowest BCUT2D eigenvalue weighted by Crippen LogP contribution is -2.36.